The van der Waals surface area contributed by atoms with Crippen molar-refractivity contribution in [3.8, 4) is 0 Å². The summed E-state index contributed by atoms with van der Waals surface area (Å²) in [6, 6.07) is 12.5. The molecular weight excluding hydrogens is 373 g/mol. The van der Waals surface area contributed by atoms with Crippen LogP contribution in [0.3, 0.4) is 0 Å². The van der Waals surface area contributed by atoms with Gasteiger partial charge in [0.25, 0.3) is 0 Å². The molecule has 2 saturated heterocycles. The van der Waals surface area contributed by atoms with Gasteiger partial charge in [-0.25, -0.2) is 9.29 Å². The van der Waals surface area contributed by atoms with Crippen LogP contribution in [0.25, 0.3) is 0 Å². The number of allylic oxidation sites excluding steroid dienone is 1. The zero-order valence-corrected chi connectivity index (χ0v) is 15.2. The lowest BCUT2D eigenvalue weighted by Crippen LogP contribution is -2.46. The highest BCUT2D eigenvalue weighted by molar-refractivity contribution is 6.24. The third-order valence-corrected chi connectivity index (χ3v) is 5.70. The van der Waals surface area contributed by atoms with Gasteiger partial charge in [-0.3, -0.25) is 19.4 Å². The molecule has 0 spiro atoms. The number of carbonyl (C=O) groups is 3. The average Bonchev–Trinajstić information content (AvgIpc) is 3.22. The number of ketones is 1. The molecule has 0 radical (unpaired) electrons. The van der Waals surface area contributed by atoms with Crippen LogP contribution in [0.4, 0.5) is 10.1 Å². The third-order valence-electron chi connectivity index (χ3n) is 5.70. The Morgan fingerprint density at radius 2 is 1.62 bits per heavy atom. The number of imide groups is 1. The first-order valence-electron chi connectivity index (χ1n) is 9.29. The van der Waals surface area contributed by atoms with Crippen LogP contribution < -0.4 is 4.90 Å². The number of anilines is 1. The van der Waals surface area contributed by atoms with Crippen LogP contribution >= 0.6 is 0 Å². The lowest BCUT2D eigenvalue weighted by atomic mass is 9.86. The molecule has 29 heavy (non-hydrogen) atoms. The average molecular weight is 389 g/mol. The molecule has 6 nitrogen and oxygen atoms in total. The molecular formula is C22H16FN3O3. The maximum absolute atomic E-state index is 13.3. The molecule has 2 aromatic carbocycles. The Bertz CT molecular complexity index is 1060. The number of nitrogens with zero attached hydrogens (tertiary/aromatic N) is 3. The monoisotopic (exact) mass is 389 g/mol. The van der Waals surface area contributed by atoms with Crippen LogP contribution in [0, 0.1) is 17.7 Å². The number of hydrazone groups is 1. The van der Waals surface area contributed by atoms with Gasteiger partial charge in [-0.15, -0.1) is 0 Å². The van der Waals surface area contributed by atoms with Crippen molar-refractivity contribution in [2.75, 3.05) is 4.90 Å². The Hall–Kier alpha value is -3.61. The van der Waals surface area contributed by atoms with Gasteiger partial charge in [0.2, 0.25) is 11.8 Å². The van der Waals surface area contributed by atoms with Crippen LogP contribution in [0.1, 0.15) is 10.4 Å². The van der Waals surface area contributed by atoms with Gasteiger partial charge in [0, 0.05) is 11.8 Å². The summed E-state index contributed by atoms with van der Waals surface area (Å²) in [6.45, 7) is 0. The molecule has 2 fully saturated rings. The first-order chi connectivity index (χ1) is 14.1. The van der Waals surface area contributed by atoms with E-state index < -0.39 is 41.6 Å². The van der Waals surface area contributed by atoms with Crippen molar-refractivity contribution in [2.45, 2.75) is 12.1 Å². The molecule has 3 aliphatic rings. The molecule has 0 N–H and O–H groups in total. The van der Waals surface area contributed by atoms with Crippen molar-refractivity contribution in [3.63, 3.8) is 0 Å². The molecule has 4 atom stereocenters. The topological polar surface area (TPSA) is 70.0 Å². The molecule has 3 aliphatic heterocycles. The fraction of sp³-hybridized carbons (Fsp3) is 0.182. The molecule has 0 aromatic heterocycles. The van der Waals surface area contributed by atoms with Gasteiger partial charge >= 0.3 is 0 Å². The molecule has 0 bridgehead atoms. The van der Waals surface area contributed by atoms with Crippen LogP contribution in [0.5, 0.6) is 0 Å². The highest BCUT2D eigenvalue weighted by Gasteiger charge is 2.64. The summed E-state index contributed by atoms with van der Waals surface area (Å²) in [5.74, 6) is -3.15. The van der Waals surface area contributed by atoms with E-state index in [1.54, 1.807) is 53.7 Å². The smallest absolute Gasteiger partial charge is 0.240 e. The summed E-state index contributed by atoms with van der Waals surface area (Å²) in [5, 5.41) is 5.88. The second-order valence-corrected chi connectivity index (χ2v) is 7.24. The summed E-state index contributed by atoms with van der Waals surface area (Å²) >= 11 is 0. The van der Waals surface area contributed by atoms with Crippen molar-refractivity contribution < 1.29 is 18.8 Å². The second kappa shape index (κ2) is 6.48. The number of rotatable bonds is 3. The highest BCUT2D eigenvalue weighted by atomic mass is 19.1. The molecule has 5 rings (SSSR count). The Kier molecular flexibility index (Phi) is 3.91. The predicted molar refractivity (Wildman–Crippen MR) is 104 cm³/mol. The molecule has 3 heterocycles. The quantitative estimate of drug-likeness (QED) is 0.597. The maximum Gasteiger partial charge on any atom is 0.240 e. The van der Waals surface area contributed by atoms with Crippen LogP contribution in [0.2, 0.25) is 0 Å². The number of fused-ring (bicyclic) bond motifs is 3. The van der Waals surface area contributed by atoms with E-state index in [0.717, 1.165) is 4.90 Å². The zero-order valence-electron chi connectivity index (χ0n) is 15.2. The Morgan fingerprint density at radius 3 is 2.34 bits per heavy atom. The molecule has 2 aromatic rings. The van der Waals surface area contributed by atoms with Gasteiger partial charge in [-0.2, -0.15) is 5.10 Å². The SMILES string of the molecule is O=C(c1ccccc1)[C@H]1[C@@H]2C(=O)N(c3ccc(F)cc3)C(=O)[C@@H]2[C@H]2C=CC=NN21. The number of hydrogen-bond donors (Lipinski definition) is 0. The lowest BCUT2D eigenvalue weighted by molar-refractivity contribution is -0.123. The van der Waals surface area contributed by atoms with Crippen LogP contribution in [0.15, 0.2) is 71.9 Å². The van der Waals surface area contributed by atoms with Gasteiger partial charge < -0.3 is 0 Å². The summed E-state index contributed by atoms with van der Waals surface area (Å²) in [7, 11) is 0. The minimum atomic E-state index is -0.879. The van der Waals surface area contributed by atoms with Gasteiger partial charge in [-0.05, 0) is 30.3 Å². The van der Waals surface area contributed by atoms with E-state index >= 15 is 0 Å². The summed E-state index contributed by atoms with van der Waals surface area (Å²) in [5.41, 5.74) is 0.763. The predicted octanol–water partition coefficient (Wildman–Crippen LogP) is 2.42. The Morgan fingerprint density at radius 1 is 0.931 bits per heavy atom. The molecule has 0 aliphatic carbocycles. The first kappa shape index (κ1) is 17.5. The minimum absolute atomic E-state index is 0.252. The highest BCUT2D eigenvalue weighted by Crippen LogP contribution is 2.46. The van der Waals surface area contributed by atoms with E-state index in [-0.39, 0.29) is 5.78 Å². The van der Waals surface area contributed by atoms with Gasteiger partial charge in [0.15, 0.2) is 5.78 Å². The second-order valence-electron chi connectivity index (χ2n) is 7.24. The fourth-order valence-corrected chi connectivity index (χ4v) is 4.46. The molecule has 0 unspecified atom stereocenters. The third kappa shape index (κ3) is 2.54. The Balaban J connectivity index is 1.58. The van der Waals surface area contributed by atoms with E-state index in [4.69, 9.17) is 0 Å². The normalized spacial score (nSPS) is 27.3. The summed E-state index contributed by atoms with van der Waals surface area (Å²) < 4.78 is 13.3. The van der Waals surface area contributed by atoms with Crippen LogP contribution in [-0.2, 0) is 9.59 Å². The van der Waals surface area contributed by atoms with Crippen molar-refractivity contribution >= 4 is 29.5 Å². The molecule has 144 valence electrons. The molecule has 0 saturated carbocycles. The van der Waals surface area contributed by atoms with E-state index in [0.29, 0.717) is 11.3 Å². The lowest BCUT2D eigenvalue weighted by Gasteiger charge is -2.30. The fourth-order valence-electron chi connectivity index (χ4n) is 4.46. The number of hydrogen-bond acceptors (Lipinski definition) is 5. The van der Waals surface area contributed by atoms with Gasteiger partial charge in [0.1, 0.15) is 11.9 Å². The number of benzene rings is 2. The van der Waals surface area contributed by atoms with Crippen molar-refractivity contribution in [2.24, 2.45) is 16.9 Å². The van der Waals surface area contributed by atoms with E-state index in [9.17, 15) is 18.8 Å². The minimum Gasteiger partial charge on any atom is -0.292 e. The first-order valence-corrected chi connectivity index (χ1v) is 9.29. The van der Waals surface area contributed by atoms with E-state index in [2.05, 4.69) is 5.10 Å². The van der Waals surface area contributed by atoms with Gasteiger partial charge in [0.05, 0.1) is 23.6 Å². The van der Waals surface area contributed by atoms with Crippen molar-refractivity contribution in [3.05, 3.63) is 78.1 Å². The number of halogens is 1. The summed E-state index contributed by atoms with van der Waals surface area (Å²) in [6.07, 6.45) is 5.06. The van der Waals surface area contributed by atoms with Crippen LogP contribution in [-0.4, -0.2) is 40.9 Å². The molecule has 2 amide bonds. The maximum atomic E-state index is 13.3. The largest absolute Gasteiger partial charge is 0.292 e. The number of Topliss-reactive ketones (excluding diaryl/α,β-unsaturated/α-hetero) is 1. The van der Waals surface area contributed by atoms with Gasteiger partial charge in [-0.1, -0.05) is 36.4 Å². The van der Waals surface area contributed by atoms with Crippen molar-refractivity contribution in [1.29, 1.82) is 0 Å². The standard InChI is InChI=1S/C22H16FN3O3/c23-14-8-10-15(11-9-14)25-21(28)17-16-7-4-12-24-26(16)19(18(17)22(25)29)20(27)13-5-2-1-3-6-13/h1-12,16-19H/t16-,17-,18-,19-/m1/s1. The zero-order chi connectivity index (χ0) is 20.1. The summed E-state index contributed by atoms with van der Waals surface area (Å²) in [4.78, 5) is 40.9. The molecule has 7 heteroatoms. The van der Waals surface area contributed by atoms with Crippen molar-refractivity contribution in [1.82, 2.24) is 5.01 Å². The number of carbonyl (C=O) groups excluding carboxylic acids is 3. The van der Waals surface area contributed by atoms with E-state index in [1.165, 1.54) is 24.3 Å². The number of amides is 2. The van der Waals surface area contributed by atoms with E-state index in [1.807, 2.05) is 0 Å². The Labute approximate surface area is 165 Å².